The highest BCUT2D eigenvalue weighted by Crippen LogP contribution is 2.34. The van der Waals surface area contributed by atoms with Crippen LogP contribution >= 0.6 is 0 Å². The average molecular weight is 475 g/mol. The van der Waals surface area contributed by atoms with Gasteiger partial charge < -0.3 is 19.5 Å². The Morgan fingerprint density at radius 2 is 1.76 bits per heavy atom. The van der Waals surface area contributed by atoms with E-state index in [2.05, 4.69) is 12.2 Å². The lowest BCUT2D eigenvalue weighted by molar-refractivity contribution is -0.120. The summed E-state index contributed by atoms with van der Waals surface area (Å²) in [6, 6.07) is 11.2. The summed E-state index contributed by atoms with van der Waals surface area (Å²) in [6.07, 6.45) is 4.18. The van der Waals surface area contributed by atoms with Gasteiger partial charge in [0.2, 0.25) is 5.91 Å². The van der Waals surface area contributed by atoms with Gasteiger partial charge >= 0.3 is 0 Å². The second kappa shape index (κ2) is 9.91. The van der Waals surface area contributed by atoms with Crippen LogP contribution in [0.1, 0.15) is 32.6 Å². The number of carbonyl (C=O) groups excluding carboxylic acids is 1. The smallest absolute Gasteiger partial charge is 0.264 e. The standard InChI is InChI=1S/C24H30N2O6S/c1-17-5-3-4-6-21(17)25-24(27)16-26(18-7-9-19(30-2)10-8-18)33(28,29)20-11-12-22-23(15-20)32-14-13-31-22/h7-12,15,17,21H,3-6,13-14,16H2,1-2H3,(H,25,27)/t17-,21+/m0/s1. The number of sulfonamides is 1. The van der Waals surface area contributed by atoms with Crippen LogP contribution in [-0.4, -0.2) is 47.2 Å². The van der Waals surface area contributed by atoms with Crippen molar-refractivity contribution in [1.82, 2.24) is 5.32 Å². The Labute approximate surface area is 194 Å². The van der Waals surface area contributed by atoms with Crippen LogP contribution in [0.5, 0.6) is 17.2 Å². The first-order valence-corrected chi connectivity index (χ1v) is 12.7. The molecule has 1 aliphatic carbocycles. The van der Waals surface area contributed by atoms with Crippen molar-refractivity contribution in [2.24, 2.45) is 5.92 Å². The fourth-order valence-electron chi connectivity index (χ4n) is 4.29. The number of ether oxygens (including phenoxy) is 3. The van der Waals surface area contributed by atoms with Crippen LogP contribution in [0.25, 0.3) is 0 Å². The van der Waals surface area contributed by atoms with E-state index >= 15 is 0 Å². The van der Waals surface area contributed by atoms with Gasteiger partial charge in [-0.2, -0.15) is 0 Å². The van der Waals surface area contributed by atoms with Gasteiger partial charge in [0, 0.05) is 12.1 Å². The van der Waals surface area contributed by atoms with Gasteiger partial charge in [-0.15, -0.1) is 0 Å². The van der Waals surface area contributed by atoms with Gasteiger partial charge in [0.1, 0.15) is 25.5 Å². The molecular weight excluding hydrogens is 444 g/mol. The Morgan fingerprint density at radius 3 is 2.45 bits per heavy atom. The Morgan fingerprint density at radius 1 is 1.06 bits per heavy atom. The third-order valence-electron chi connectivity index (χ3n) is 6.21. The summed E-state index contributed by atoms with van der Waals surface area (Å²) in [5.41, 5.74) is 0.373. The molecule has 0 aromatic heterocycles. The summed E-state index contributed by atoms with van der Waals surface area (Å²) in [7, 11) is -2.52. The minimum absolute atomic E-state index is 0.0291. The second-order valence-electron chi connectivity index (χ2n) is 8.45. The number of carbonyl (C=O) groups is 1. The molecule has 1 N–H and O–H groups in total. The molecule has 1 saturated carbocycles. The highest BCUT2D eigenvalue weighted by Gasteiger charge is 2.30. The van der Waals surface area contributed by atoms with Gasteiger partial charge in [-0.05, 0) is 55.2 Å². The van der Waals surface area contributed by atoms with Crippen LogP contribution in [-0.2, 0) is 14.8 Å². The number of amides is 1. The highest BCUT2D eigenvalue weighted by molar-refractivity contribution is 7.92. The van der Waals surface area contributed by atoms with Gasteiger partial charge in [-0.1, -0.05) is 19.8 Å². The summed E-state index contributed by atoms with van der Waals surface area (Å²) in [4.78, 5) is 13.0. The number of rotatable bonds is 7. The van der Waals surface area contributed by atoms with Crippen molar-refractivity contribution in [2.75, 3.05) is 31.2 Å². The maximum absolute atomic E-state index is 13.7. The molecule has 1 heterocycles. The van der Waals surface area contributed by atoms with Crippen molar-refractivity contribution < 1.29 is 27.4 Å². The lowest BCUT2D eigenvalue weighted by Crippen LogP contribution is -2.47. The van der Waals surface area contributed by atoms with Crippen LogP contribution in [0.2, 0.25) is 0 Å². The fourth-order valence-corrected chi connectivity index (χ4v) is 5.73. The molecule has 2 atom stereocenters. The van der Waals surface area contributed by atoms with E-state index in [1.165, 1.54) is 19.2 Å². The number of anilines is 1. The van der Waals surface area contributed by atoms with Crippen LogP contribution in [0, 0.1) is 5.92 Å². The van der Waals surface area contributed by atoms with Gasteiger partial charge in [0.15, 0.2) is 11.5 Å². The zero-order valence-electron chi connectivity index (χ0n) is 19.0. The molecule has 1 aliphatic heterocycles. The minimum atomic E-state index is -4.06. The molecule has 0 radical (unpaired) electrons. The van der Waals surface area contributed by atoms with Crippen LogP contribution in [0.15, 0.2) is 47.4 Å². The fraction of sp³-hybridized carbons (Fsp3) is 0.458. The van der Waals surface area contributed by atoms with Crippen LogP contribution in [0.4, 0.5) is 5.69 Å². The number of hydrogen-bond donors (Lipinski definition) is 1. The lowest BCUT2D eigenvalue weighted by Gasteiger charge is -2.31. The highest BCUT2D eigenvalue weighted by atomic mass is 32.2. The van der Waals surface area contributed by atoms with E-state index in [1.807, 2.05) is 0 Å². The van der Waals surface area contributed by atoms with Crippen LogP contribution in [0.3, 0.4) is 0 Å². The van der Waals surface area contributed by atoms with E-state index in [9.17, 15) is 13.2 Å². The van der Waals surface area contributed by atoms with Gasteiger partial charge in [0.25, 0.3) is 10.0 Å². The lowest BCUT2D eigenvalue weighted by atomic mass is 9.86. The second-order valence-corrected chi connectivity index (χ2v) is 10.3. The van der Waals surface area contributed by atoms with E-state index in [4.69, 9.17) is 14.2 Å². The van der Waals surface area contributed by atoms with E-state index in [-0.39, 0.29) is 23.4 Å². The maximum Gasteiger partial charge on any atom is 0.264 e. The quantitative estimate of drug-likeness (QED) is 0.661. The molecule has 178 valence electrons. The number of hydrogen-bond acceptors (Lipinski definition) is 6. The number of methoxy groups -OCH3 is 1. The van der Waals surface area contributed by atoms with Crippen molar-refractivity contribution in [3.8, 4) is 17.2 Å². The summed E-state index contributed by atoms with van der Waals surface area (Å²) < 4.78 is 44.8. The first kappa shape index (κ1) is 23.2. The largest absolute Gasteiger partial charge is 0.497 e. The Hall–Kier alpha value is -2.94. The molecule has 0 spiro atoms. The van der Waals surface area contributed by atoms with Crippen molar-refractivity contribution in [1.29, 1.82) is 0 Å². The molecule has 0 bridgehead atoms. The molecule has 33 heavy (non-hydrogen) atoms. The average Bonchev–Trinajstić information content (AvgIpc) is 2.83. The predicted molar refractivity (Wildman–Crippen MR) is 125 cm³/mol. The number of nitrogens with zero attached hydrogens (tertiary/aromatic N) is 1. The maximum atomic E-state index is 13.7. The monoisotopic (exact) mass is 474 g/mol. The summed E-state index contributed by atoms with van der Waals surface area (Å²) >= 11 is 0. The first-order valence-electron chi connectivity index (χ1n) is 11.2. The normalized spacial score (nSPS) is 20.1. The van der Waals surface area contributed by atoms with E-state index < -0.39 is 10.0 Å². The predicted octanol–water partition coefficient (Wildman–Crippen LogP) is 3.36. The van der Waals surface area contributed by atoms with Crippen molar-refractivity contribution in [3.05, 3.63) is 42.5 Å². The van der Waals surface area contributed by atoms with Crippen molar-refractivity contribution in [2.45, 2.75) is 43.5 Å². The molecule has 9 heteroatoms. The molecule has 4 rings (SSSR count). The molecular formula is C24H30N2O6S. The van der Waals surface area contributed by atoms with Gasteiger partial charge in [-0.25, -0.2) is 8.42 Å². The van der Waals surface area contributed by atoms with E-state index in [0.717, 1.165) is 30.0 Å². The number of fused-ring (bicyclic) bond motifs is 1. The minimum Gasteiger partial charge on any atom is -0.497 e. The topological polar surface area (TPSA) is 94.2 Å². The van der Waals surface area contributed by atoms with Crippen LogP contribution < -0.4 is 23.8 Å². The Balaban J connectivity index is 1.63. The molecule has 0 unspecified atom stereocenters. The zero-order chi connectivity index (χ0) is 23.4. The SMILES string of the molecule is COc1ccc(N(CC(=O)N[C@@H]2CCCC[C@@H]2C)S(=O)(=O)c2ccc3c(c2)OCCO3)cc1. The molecule has 2 aromatic carbocycles. The van der Waals surface area contributed by atoms with Gasteiger partial charge in [0.05, 0.1) is 17.7 Å². The molecule has 1 fully saturated rings. The summed E-state index contributed by atoms with van der Waals surface area (Å²) in [6.45, 7) is 2.56. The molecule has 8 nitrogen and oxygen atoms in total. The third-order valence-corrected chi connectivity index (χ3v) is 7.98. The Bertz CT molecular complexity index is 1090. The summed E-state index contributed by atoms with van der Waals surface area (Å²) in [5.74, 6) is 1.51. The van der Waals surface area contributed by atoms with Crippen molar-refractivity contribution in [3.63, 3.8) is 0 Å². The number of benzene rings is 2. The zero-order valence-corrected chi connectivity index (χ0v) is 19.8. The third kappa shape index (κ3) is 5.19. The molecule has 1 amide bonds. The molecule has 0 saturated heterocycles. The summed E-state index contributed by atoms with van der Waals surface area (Å²) in [5, 5.41) is 3.05. The van der Waals surface area contributed by atoms with E-state index in [1.54, 1.807) is 30.3 Å². The molecule has 2 aliphatic rings. The molecule has 2 aromatic rings. The van der Waals surface area contributed by atoms with Gasteiger partial charge in [-0.3, -0.25) is 9.10 Å². The van der Waals surface area contributed by atoms with Crippen molar-refractivity contribution >= 4 is 21.6 Å². The Kier molecular flexibility index (Phi) is 6.97. The first-order chi connectivity index (χ1) is 15.9. The van der Waals surface area contributed by atoms with E-state index in [0.29, 0.717) is 42.1 Å². The number of nitrogens with one attached hydrogen (secondary N) is 1.